The van der Waals surface area contributed by atoms with Crippen LogP contribution in [0.15, 0.2) is 35.3 Å². The Kier molecular flexibility index (Phi) is 4.21. The van der Waals surface area contributed by atoms with E-state index >= 15 is 0 Å². The topological polar surface area (TPSA) is 50.4 Å². The van der Waals surface area contributed by atoms with E-state index in [1.165, 1.54) is 34.2 Å². The monoisotopic (exact) mass is 287 g/mol. The van der Waals surface area contributed by atoms with Gasteiger partial charge < -0.3 is 11.1 Å². The highest BCUT2D eigenvalue weighted by Crippen LogP contribution is 2.26. The number of benzene rings is 1. The molecule has 1 saturated carbocycles. The molecule has 0 bridgehead atoms. The zero-order chi connectivity index (χ0) is 13.8. The summed E-state index contributed by atoms with van der Waals surface area (Å²) in [5.41, 5.74) is 5.88. The number of nitrogens with two attached hydrogens (primary N) is 1. The Morgan fingerprint density at radius 3 is 2.95 bits per heavy atom. The summed E-state index contributed by atoms with van der Waals surface area (Å²) in [6.07, 6.45) is 5.00. The Labute approximate surface area is 123 Å². The van der Waals surface area contributed by atoms with Crippen molar-refractivity contribution in [1.82, 2.24) is 5.32 Å². The van der Waals surface area contributed by atoms with Gasteiger partial charge in [-0.1, -0.05) is 24.6 Å². The zero-order valence-electron chi connectivity index (χ0n) is 11.6. The van der Waals surface area contributed by atoms with Crippen molar-refractivity contribution in [2.45, 2.75) is 25.7 Å². The molecule has 0 amide bonds. The molecule has 0 saturated heterocycles. The number of rotatable bonds is 5. The third-order valence-corrected chi connectivity index (χ3v) is 5.07. The van der Waals surface area contributed by atoms with Crippen molar-refractivity contribution in [1.29, 1.82) is 0 Å². The normalized spacial score (nSPS) is 16.3. The van der Waals surface area contributed by atoms with Crippen LogP contribution in [0.5, 0.6) is 0 Å². The number of aliphatic imine (C=N–C) groups is 1. The van der Waals surface area contributed by atoms with Crippen LogP contribution in [0.25, 0.3) is 10.1 Å². The van der Waals surface area contributed by atoms with Gasteiger partial charge in [-0.25, -0.2) is 0 Å². The Balaban J connectivity index is 1.46. The quantitative estimate of drug-likeness (QED) is 0.655. The van der Waals surface area contributed by atoms with Gasteiger partial charge in [0.1, 0.15) is 0 Å². The summed E-state index contributed by atoms with van der Waals surface area (Å²) in [6.45, 7) is 1.74. The van der Waals surface area contributed by atoms with Crippen LogP contribution in [0, 0.1) is 5.92 Å². The van der Waals surface area contributed by atoms with Gasteiger partial charge in [-0.3, -0.25) is 4.99 Å². The summed E-state index contributed by atoms with van der Waals surface area (Å²) >= 11 is 1.86. The fourth-order valence-corrected chi connectivity index (χ4v) is 3.50. The zero-order valence-corrected chi connectivity index (χ0v) is 12.5. The fourth-order valence-electron chi connectivity index (χ4n) is 2.43. The molecule has 106 valence electrons. The van der Waals surface area contributed by atoms with E-state index in [0.717, 1.165) is 25.4 Å². The first-order valence-electron chi connectivity index (χ1n) is 7.32. The molecule has 2 aromatic rings. The summed E-state index contributed by atoms with van der Waals surface area (Å²) in [5.74, 6) is 1.37. The van der Waals surface area contributed by atoms with E-state index < -0.39 is 0 Å². The van der Waals surface area contributed by atoms with Crippen molar-refractivity contribution in [2.75, 3.05) is 13.1 Å². The summed E-state index contributed by atoms with van der Waals surface area (Å²) in [6, 6.07) is 10.8. The molecular weight excluding hydrogens is 266 g/mol. The second-order valence-electron chi connectivity index (χ2n) is 5.45. The molecule has 1 heterocycles. The summed E-state index contributed by atoms with van der Waals surface area (Å²) in [7, 11) is 0. The molecule has 20 heavy (non-hydrogen) atoms. The Morgan fingerprint density at radius 2 is 2.20 bits per heavy atom. The van der Waals surface area contributed by atoms with Crippen molar-refractivity contribution in [2.24, 2.45) is 16.6 Å². The number of hydrogen-bond donors (Lipinski definition) is 2. The Hall–Kier alpha value is -1.55. The minimum absolute atomic E-state index is 0.595. The van der Waals surface area contributed by atoms with Crippen LogP contribution in [0.3, 0.4) is 0 Å². The van der Waals surface area contributed by atoms with Crippen LogP contribution in [-0.2, 0) is 6.42 Å². The molecule has 3 rings (SSSR count). The van der Waals surface area contributed by atoms with E-state index in [1.807, 2.05) is 11.3 Å². The molecule has 1 aliphatic carbocycles. The van der Waals surface area contributed by atoms with Gasteiger partial charge in [0.25, 0.3) is 0 Å². The second kappa shape index (κ2) is 6.27. The first-order valence-corrected chi connectivity index (χ1v) is 8.14. The van der Waals surface area contributed by atoms with Gasteiger partial charge in [0.2, 0.25) is 0 Å². The van der Waals surface area contributed by atoms with Crippen molar-refractivity contribution in [3.05, 3.63) is 35.2 Å². The predicted molar refractivity (Wildman–Crippen MR) is 87.4 cm³/mol. The molecule has 0 aliphatic heterocycles. The lowest BCUT2D eigenvalue weighted by Gasteiger charge is -2.23. The van der Waals surface area contributed by atoms with E-state index in [1.54, 1.807) is 0 Å². The van der Waals surface area contributed by atoms with Crippen LogP contribution in [0.2, 0.25) is 0 Å². The van der Waals surface area contributed by atoms with Crippen LogP contribution >= 0.6 is 11.3 Å². The minimum Gasteiger partial charge on any atom is -0.370 e. The number of nitrogens with zero attached hydrogens (tertiary/aromatic N) is 1. The molecule has 0 atom stereocenters. The highest BCUT2D eigenvalue weighted by Gasteiger charge is 2.16. The second-order valence-corrected chi connectivity index (χ2v) is 6.62. The third kappa shape index (κ3) is 3.31. The lowest BCUT2D eigenvalue weighted by molar-refractivity contribution is 0.326. The van der Waals surface area contributed by atoms with Gasteiger partial charge in [-0.2, -0.15) is 0 Å². The molecular formula is C16H21N3S. The van der Waals surface area contributed by atoms with Crippen LogP contribution in [0.4, 0.5) is 0 Å². The van der Waals surface area contributed by atoms with Gasteiger partial charge in [-0.05, 0) is 42.7 Å². The highest BCUT2D eigenvalue weighted by molar-refractivity contribution is 7.19. The number of fused-ring (bicyclic) bond motifs is 1. The molecule has 1 aliphatic rings. The average molecular weight is 287 g/mol. The first-order chi connectivity index (χ1) is 9.81. The number of thiophene rings is 1. The van der Waals surface area contributed by atoms with E-state index in [9.17, 15) is 0 Å². The minimum atomic E-state index is 0.595. The molecule has 1 aromatic carbocycles. The standard InChI is InChI=1S/C16H21N3S/c17-16(19-11-12-4-3-5-12)18-9-8-14-10-13-6-1-2-7-15(13)20-14/h1-2,6-7,10,12H,3-5,8-9,11H2,(H3,17,18,19). The van der Waals surface area contributed by atoms with E-state index in [0.29, 0.717) is 5.96 Å². The van der Waals surface area contributed by atoms with E-state index in [4.69, 9.17) is 5.73 Å². The maximum atomic E-state index is 5.88. The molecule has 0 radical (unpaired) electrons. The number of guanidine groups is 1. The Bertz CT molecular complexity index is 566. The highest BCUT2D eigenvalue weighted by atomic mass is 32.1. The lowest BCUT2D eigenvalue weighted by atomic mass is 9.86. The SMILES string of the molecule is NC(=NCC1CCC1)NCCc1cc2ccccc2s1. The van der Waals surface area contributed by atoms with Gasteiger partial charge in [0, 0.05) is 22.7 Å². The maximum Gasteiger partial charge on any atom is 0.188 e. The first kappa shape index (κ1) is 13.4. The lowest BCUT2D eigenvalue weighted by Crippen LogP contribution is -2.34. The molecule has 3 N–H and O–H groups in total. The molecule has 1 aromatic heterocycles. The smallest absolute Gasteiger partial charge is 0.188 e. The molecule has 0 spiro atoms. The largest absolute Gasteiger partial charge is 0.370 e. The average Bonchev–Trinajstić information content (AvgIpc) is 2.79. The Morgan fingerprint density at radius 1 is 1.35 bits per heavy atom. The maximum absolute atomic E-state index is 5.88. The van der Waals surface area contributed by atoms with Gasteiger partial charge >= 0.3 is 0 Å². The van der Waals surface area contributed by atoms with E-state index in [-0.39, 0.29) is 0 Å². The summed E-state index contributed by atoms with van der Waals surface area (Å²) < 4.78 is 1.36. The van der Waals surface area contributed by atoms with Crippen LogP contribution < -0.4 is 11.1 Å². The van der Waals surface area contributed by atoms with Crippen molar-refractivity contribution >= 4 is 27.4 Å². The predicted octanol–water partition coefficient (Wildman–Crippen LogP) is 3.15. The summed E-state index contributed by atoms with van der Waals surface area (Å²) in [4.78, 5) is 5.80. The van der Waals surface area contributed by atoms with Crippen molar-refractivity contribution in [3.63, 3.8) is 0 Å². The molecule has 0 unspecified atom stereocenters. The van der Waals surface area contributed by atoms with Gasteiger partial charge in [-0.15, -0.1) is 11.3 Å². The van der Waals surface area contributed by atoms with Crippen LogP contribution in [-0.4, -0.2) is 19.0 Å². The van der Waals surface area contributed by atoms with Gasteiger partial charge in [0.05, 0.1) is 0 Å². The van der Waals surface area contributed by atoms with Gasteiger partial charge in [0.15, 0.2) is 5.96 Å². The van der Waals surface area contributed by atoms with Crippen molar-refractivity contribution in [3.8, 4) is 0 Å². The molecule has 3 nitrogen and oxygen atoms in total. The van der Waals surface area contributed by atoms with Crippen LogP contribution in [0.1, 0.15) is 24.1 Å². The number of nitrogens with one attached hydrogen (secondary N) is 1. The van der Waals surface area contributed by atoms with E-state index in [2.05, 4.69) is 40.6 Å². The fraction of sp³-hybridized carbons (Fsp3) is 0.438. The van der Waals surface area contributed by atoms with Crippen molar-refractivity contribution < 1.29 is 0 Å². The summed E-state index contributed by atoms with van der Waals surface area (Å²) in [5, 5.41) is 4.55. The number of hydrogen-bond acceptors (Lipinski definition) is 2. The third-order valence-electron chi connectivity index (χ3n) is 3.90. The molecule has 1 fully saturated rings. The molecule has 4 heteroatoms.